The number of rotatable bonds is 2. The van der Waals surface area contributed by atoms with Crippen molar-refractivity contribution in [2.75, 3.05) is 11.4 Å². The lowest BCUT2D eigenvalue weighted by atomic mass is 10.1. The summed E-state index contributed by atoms with van der Waals surface area (Å²) in [5.41, 5.74) is 6.92. The molecule has 2 amide bonds. The van der Waals surface area contributed by atoms with Crippen molar-refractivity contribution >= 4 is 29.1 Å². The van der Waals surface area contributed by atoms with Crippen LogP contribution in [0.25, 0.3) is 0 Å². The fraction of sp³-hybridized carbons (Fsp3) is 0.333. The fourth-order valence-corrected chi connectivity index (χ4v) is 2.30. The molecule has 1 aliphatic rings. The predicted octanol–water partition coefficient (Wildman–Crippen LogP) is 1.49. The largest absolute Gasteiger partial charge is 0.369 e. The summed E-state index contributed by atoms with van der Waals surface area (Å²) in [6.45, 7) is 2.25. The van der Waals surface area contributed by atoms with Gasteiger partial charge in [-0.25, -0.2) is 0 Å². The molecule has 90 valence electrons. The standard InChI is InChI=1S/C12H13ClN2O2/c1-7-2-9(13)5-10(3-7)15-6-8(12(14)17)4-11(15)16/h2-3,5,8H,4,6H2,1H3,(H2,14,17). The van der Waals surface area contributed by atoms with Crippen LogP contribution in [0.3, 0.4) is 0 Å². The minimum absolute atomic E-state index is 0.0875. The Balaban J connectivity index is 2.28. The predicted molar refractivity (Wildman–Crippen MR) is 65.8 cm³/mol. The summed E-state index contributed by atoms with van der Waals surface area (Å²) in [5, 5.41) is 0.579. The van der Waals surface area contributed by atoms with Crippen LogP contribution in [0.4, 0.5) is 5.69 Å². The quantitative estimate of drug-likeness (QED) is 0.867. The zero-order valence-electron chi connectivity index (χ0n) is 9.44. The lowest BCUT2D eigenvalue weighted by molar-refractivity contribution is -0.123. The number of benzene rings is 1. The summed E-state index contributed by atoms with van der Waals surface area (Å²) in [6, 6.07) is 5.40. The molecule has 0 aliphatic carbocycles. The Labute approximate surface area is 104 Å². The van der Waals surface area contributed by atoms with Crippen LogP contribution in [0.15, 0.2) is 18.2 Å². The van der Waals surface area contributed by atoms with Crippen LogP contribution in [-0.2, 0) is 9.59 Å². The summed E-state index contributed by atoms with van der Waals surface area (Å²) in [7, 11) is 0. The summed E-state index contributed by atoms with van der Waals surface area (Å²) in [5.74, 6) is -0.920. The Bertz CT molecular complexity index is 467. The molecule has 4 nitrogen and oxygen atoms in total. The van der Waals surface area contributed by atoms with Crippen LogP contribution in [0.2, 0.25) is 5.02 Å². The normalized spacial score (nSPS) is 19.8. The monoisotopic (exact) mass is 252 g/mol. The molecule has 1 aromatic rings. The van der Waals surface area contributed by atoms with E-state index in [0.717, 1.165) is 11.3 Å². The van der Waals surface area contributed by atoms with Crippen LogP contribution in [0, 0.1) is 12.8 Å². The van der Waals surface area contributed by atoms with Crippen molar-refractivity contribution in [3.63, 3.8) is 0 Å². The van der Waals surface area contributed by atoms with E-state index in [1.165, 1.54) is 0 Å². The molecule has 1 unspecified atom stereocenters. The highest BCUT2D eigenvalue weighted by atomic mass is 35.5. The Kier molecular flexibility index (Phi) is 3.07. The van der Waals surface area contributed by atoms with Crippen molar-refractivity contribution < 1.29 is 9.59 Å². The first-order valence-electron chi connectivity index (χ1n) is 5.34. The second-order valence-corrected chi connectivity index (χ2v) is 4.73. The Morgan fingerprint density at radius 2 is 2.18 bits per heavy atom. The maximum absolute atomic E-state index is 11.8. The third-order valence-corrected chi connectivity index (χ3v) is 3.08. The van der Waals surface area contributed by atoms with Crippen molar-refractivity contribution in [3.8, 4) is 0 Å². The number of halogens is 1. The average Bonchev–Trinajstić information content (AvgIpc) is 2.59. The summed E-state index contributed by atoms with van der Waals surface area (Å²) in [6.07, 6.45) is 0.181. The molecule has 1 fully saturated rings. The van der Waals surface area contributed by atoms with Crippen LogP contribution >= 0.6 is 11.6 Å². The van der Waals surface area contributed by atoms with Crippen molar-refractivity contribution in [1.82, 2.24) is 0 Å². The number of primary amides is 1. The van der Waals surface area contributed by atoms with E-state index >= 15 is 0 Å². The first-order chi connectivity index (χ1) is 7.97. The minimum atomic E-state index is -0.431. The lowest BCUT2D eigenvalue weighted by Crippen LogP contribution is -2.28. The lowest BCUT2D eigenvalue weighted by Gasteiger charge is -2.17. The molecular weight excluding hydrogens is 240 g/mol. The second-order valence-electron chi connectivity index (χ2n) is 4.29. The minimum Gasteiger partial charge on any atom is -0.369 e. The molecule has 2 N–H and O–H groups in total. The molecule has 5 heteroatoms. The molecule has 1 atom stereocenters. The van der Waals surface area contributed by atoms with E-state index in [-0.39, 0.29) is 12.3 Å². The highest BCUT2D eigenvalue weighted by Gasteiger charge is 2.33. The highest BCUT2D eigenvalue weighted by Crippen LogP contribution is 2.28. The van der Waals surface area contributed by atoms with E-state index in [9.17, 15) is 9.59 Å². The zero-order chi connectivity index (χ0) is 12.6. The van der Waals surface area contributed by atoms with Gasteiger partial charge in [0.25, 0.3) is 0 Å². The van der Waals surface area contributed by atoms with Gasteiger partial charge >= 0.3 is 0 Å². The number of carbonyl (C=O) groups is 2. The maximum Gasteiger partial charge on any atom is 0.227 e. The van der Waals surface area contributed by atoms with Gasteiger partial charge in [0.2, 0.25) is 11.8 Å². The first-order valence-corrected chi connectivity index (χ1v) is 5.72. The van der Waals surface area contributed by atoms with Crippen molar-refractivity contribution in [1.29, 1.82) is 0 Å². The third-order valence-electron chi connectivity index (χ3n) is 2.87. The number of hydrogen-bond acceptors (Lipinski definition) is 2. The second kappa shape index (κ2) is 4.37. The summed E-state index contributed by atoms with van der Waals surface area (Å²) in [4.78, 5) is 24.4. The van der Waals surface area contributed by atoms with E-state index in [1.54, 1.807) is 11.0 Å². The Morgan fingerprint density at radius 1 is 1.47 bits per heavy atom. The van der Waals surface area contributed by atoms with Gasteiger partial charge in [0.1, 0.15) is 0 Å². The number of nitrogens with zero attached hydrogens (tertiary/aromatic N) is 1. The number of nitrogens with two attached hydrogens (primary N) is 1. The molecule has 2 rings (SSSR count). The average molecular weight is 253 g/mol. The number of amides is 2. The van der Waals surface area contributed by atoms with Gasteiger partial charge in [0, 0.05) is 23.7 Å². The Morgan fingerprint density at radius 3 is 2.71 bits per heavy atom. The zero-order valence-corrected chi connectivity index (χ0v) is 10.2. The number of aryl methyl sites for hydroxylation is 1. The topological polar surface area (TPSA) is 63.4 Å². The summed E-state index contributed by atoms with van der Waals surface area (Å²) < 4.78 is 0. The van der Waals surface area contributed by atoms with E-state index in [4.69, 9.17) is 17.3 Å². The van der Waals surface area contributed by atoms with Gasteiger partial charge in [-0.05, 0) is 30.7 Å². The third kappa shape index (κ3) is 2.42. The van der Waals surface area contributed by atoms with Crippen LogP contribution in [0.5, 0.6) is 0 Å². The molecule has 0 bridgehead atoms. The first kappa shape index (κ1) is 11.9. The SMILES string of the molecule is Cc1cc(Cl)cc(N2CC(C(N)=O)CC2=O)c1. The van der Waals surface area contributed by atoms with Gasteiger partial charge < -0.3 is 10.6 Å². The van der Waals surface area contributed by atoms with E-state index in [0.29, 0.717) is 11.6 Å². The smallest absolute Gasteiger partial charge is 0.227 e. The van der Waals surface area contributed by atoms with Crippen LogP contribution in [-0.4, -0.2) is 18.4 Å². The number of carbonyl (C=O) groups excluding carboxylic acids is 2. The molecule has 1 saturated heterocycles. The van der Waals surface area contributed by atoms with Gasteiger partial charge in [0.15, 0.2) is 0 Å². The van der Waals surface area contributed by atoms with Crippen molar-refractivity contribution in [2.45, 2.75) is 13.3 Å². The highest BCUT2D eigenvalue weighted by molar-refractivity contribution is 6.31. The van der Waals surface area contributed by atoms with Crippen molar-refractivity contribution in [3.05, 3.63) is 28.8 Å². The number of hydrogen-bond donors (Lipinski definition) is 1. The van der Waals surface area contributed by atoms with Crippen LogP contribution < -0.4 is 10.6 Å². The summed E-state index contributed by atoms with van der Waals surface area (Å²) >= 11 is 5.95. The fourth-order valence-electron chi connectivity index (χ4n) is 2.02. The molecule has 17 heavy (non-hydrogen) atoms. The molecule has 1 heterocycles. The molecule has 0 saturated carbocycles. The van der Waals surface area contributed by atoms with Crippen LogP contribution in [0.1, 0.15) is 12.0 Å². The molecule has 1 aliphatic heterocycles. The van der Waals surface area contributed by atoms with E-state index < -0.39 is 11.8 Å². The molecule has 0 radical (unpaired) electrons. The van der Waals surface area contributed by atoms with Gasteiger partial charge in [-0.3, -0.25) is 9.59 Å². The molecular formula is C12H13ClN2O2. The molecule has 0 spiro atoms. The maximum atomic E-state index is 11.8. The molecule has 0 aromatic heterocycles. The molecule has 1 aromatic carbocycles. The van der Waals surface area contributed by atoms with E-state index in [2.05, 4.69) is 0 Å². The van der Waals surface area contributed by atoms with Gasteiger partial charge in [-0.15, -0.1) is 0 Å². The van der Waals surface area contributed by atoms with Gasteiger partial charge in [-0.2, -0.15) is 0 Å². The van der Waals surface area contributed by atoms with Crippen molar-refractivity contribution in [2.24, 2.45) is 11.7 Å². The van der Waals surface area contributed by atoms with Gasteiger partial charge in [-0.1, -0.05) is 11.6 Å². The Hall–Kier alpha value is -1.55. The van der Waals surface area contributed by atoms with E-state index in [1.807, 2.05) is 19.1 Å². The number of anilines is 1. The van der Waals surface area contributed by atoms with Gasteiger partial charge in [0.05, 0.1) is 5.92 Å².